The fraction of sp³-hybridized carbons (Fsp3) is 0.727. The second kappa shape index (κ2) is 5.13. The lowest BCUT2D eigenvalue weighted by atomic mass is 9.83. The Morgan fingerprint density at radius 3 is 2.00 bits per heavy atom. The molecule has 0 amide bonds. The minimum Gasteiger partial charge on any atom is -0.295 e. The monoisotopic (exact) mass is 168 g/mol. The molecule has 0 aromatic carbocycles. The minimum atomic E-state index is 0.154. The molecule has 0 aromatic heterocycles. The lowest BCUT2D eigenvalue weighted by Gasteiger charge is -2.20. The summed E-state index contributed by atoms with van der Waals surface area (Å²) in [7, 11) is 0. The Balaban J connectivity index is 4.18. The second-order valence-electron chi connectivity index (χ2n) is 3.79. The Bertz CT molecular complexity index is 168. The van der Waals surface area contributed by atoms with Gasteiger partial charge in [0.1, 0.15) is 0 Å². The smallest absolute Gasteiger partial charge is 0.158 e. The van der Waals surface area contributed by atoms with Gasteiger partial charge in [0.05, 0.1) is 0 Å². The van der Waals surface area contributed by atoms with Crippen molar-refractivity contribution in [2.75, 3.05) is 0 Å². The van der Waals surface area contributed by atoms with Crippen LogP contribution in [0.1, 0.15) is 34.6 Å². The van der Waals surface area contributed by atoms with E-state index in [0.29, 0.717) is 11.8 Å². The van der Waals surface area contributed by atoms with Crippen LogP contribution in [0.25, 0.3) is 0 Å². The standard InChI is InChI=1S/C11H20O/c1-6-7-11(12)10(5)9(4)8(2)3/h6-10H,1-5H3/b7-6+/t9-,10-/m1/s1. The molecule has 0 aliphatic carbocycles. The van der Waals surface area contributed by atoms with E-state index in [2.05, 4.69) is 20.8 Å². The van der Waals surface area contributed by atoms with Gasteiger partial charge >= 0.3 is 0 Å². The average molecular weight is 168 g/mol. The molecule has 70 valence electrons. The molecule has 0 spiro atoms. The van der Waals surface area contributed by atoms with Gasteiger partial charge in [0.15, 0.2) is 5.78 Å². The van der Waals surface area contributed by atoms with Crippen LogP contribution in [0.5, 0.6) is 0 Å². The highest BCUT2D eigenvalue weighted by Crippen LogP contribution is 2.20. The van der Waals surface area contributed by atoms with E-state index in [1.165, 1.54) is 0 Å². The molecule has 0 N–H and O–H groups in total. The first kappa shape index (κ1) is 11.4. The third-order valence-corrected chi connectivity index (χ3v) is 2.62. The summed E-state index contributed by atoms with van der Waals surface area (Å²) in [6.45, 7) is 10.3. The molecular weight excluding hydrogens is 148 g/mol. The number of hydrogen-bond donors (Lipinski definition) is 0. The van der Waals surface area contributed by atoms with Crippen molar-refractivity contribution in [2.24, 2.45) is 17.8 Å². The summed E-state index contributed by atoms with van der Waals surface area (Å²) in [6.07, 6.45) is 3.48. The van der Waals surface area contributed by atoms with Gasteiger partial charge in [-0.2, -0.15) is 0 Å². The molecule has 0 aliphatic rings. The summed E-state index contributed by atoms with van der Waals surface area (Å²) >= 11 is 0. The van der Waals surface area contributed by atoms with Crippen LogP contribution >= 0.6 is 0 Å². The van der Waals surface area contributed by atoms with Crippen LogP contribution < -0.4 is 0 Å². The maximum atomic E-state index is 11.4. The number of ketones is 1. The van der Waals surface area contributed by atoms with Gasteiger partial charge in [-0.15, -0.1) is 0 Å². The molecule has 0 saturated carbocycles. The lowest BCUT2D eigenvalue weighted by molar-refractivity contribution is -0.119. The van der Waals surface area contributed by atoms with Crippen LogP contribution in [0.4, 0.5) is 0 Å². The van der Waals surface area contributed by atoms with Crippen LogP contribution in [0, 0.1) is 17.8 Å². The van der Waals surface area contributed by atoms with Crippen molar-refractivity contribution in [3.63, 3.8) is 0 Å². The van der Waals surface area contributed by atoms with E-state index in [9.17, 15) is 4.79 Å². The van der Waals surface area contributed by atoms with Crippen molar-refractivity contribution < 1.29 is 4.79 Å². The lowest BCUT2D eigenvalue weighted by Crippen LogP contribution is -2.21. The molecule has 1 heteroatoms. The number of carbonyl (C=O) groups excluding carboxylic acids is 1. The number of carbonyl (C=O) groups is 1. The fourth-order valence-corrected chi connectivity index (χ4v) is 1.15. The first-order chi connectivity index (χ1) is 5.50. The van der Waals surface area contributed by atoms with Gasteiger partial charge in [0.25, 0.3) is 0 Å². The summed E-state index contributed by atoms with van der Waals surface area (Å²) in [5.41, 5.74) is 0. The zero-order chi connectivity index (χ0) is 9.72. The van der Waals surface area contributed by atoms with Crippen molar-refractivity contribution in [1.29, 1.82) is 0 Å². The minimum absolute atomic E-state index is 0.154. The summed E-state index contributed by atoms with van der Waals surface area (Å²) in [4.78, 5) is 11.4. The molecule has 2 atom stereocenters. The Hall–Kier alpha value is -0.590. The number of hydrogen-bond acceptors (Lipinski definition) is 1. The quantitative estimate of drug-likeness (QED) is 0.590. The van der Waals surface area contributed by atoms with Gasteiger partial charge in [-0.1, -0.05) is 33.8 Å². The van der Waals surface area contributed by atoms with E-state index in [1.54, 1.807) is 6.08 Å². The van der Waals surface area contributed by atoms with E-state index in [-0.39, 0.29) is 11.7 Å². The van der Waals surface area contributed by atoms with E-state index in [4.69, 9.17) is 0 Å². The largest absolute Gasteiger partial charge is 0.295 e. The van der Waals surface area contributed by atoms with Gasteiger partial charge < -0.3 is 0 Å². The fourth-order valence-electron chi connectivity index (χ4n) is 1.15. The predicted molar refractivity (Wildman–Crippen MR) is 53.0 cm³/mol. The maximum Gasteiger partial charge on any atom is 0.158 e. The average Bonchev–Trinajstić information content (AvgIpc) is 2.02. The molecule has 0 fully saturated rings. The van der Waals surface area contributed by atoms with Crippen molar-refractivity contribution >= 4 is 5.78 Å². The zero-order valence-electron chi connectivity index (χ0n) is 8.79. The zero-order valence-corrected chi connectivity index (χ0v) is 8.79. The molecule has 0 aromatic rings. The summed E-state index contributed by atoms with van der Waals surface area (Å²) in [6, 6.07) is 0. The summed E-state index contributed by atoms with van der Waals surface area (Å²) in [5, 5.41) is 0. The summed E-state index contributed by atoms with van der Waals surface area (Å²) < 4.78 is 0. The van der Waals surface area contributed by atoms with Crippen molar-refractivity contribution in [3.05, 3.63) is 12.2 Å². The molecule has 0 saturated heterocycles. The third kappa shape index (κ3) is 3.21. The van der Waals surface area contributed by atoms with Crippen molar-refractivity contribution in [2.45, 2.75) is 34.6 Å². The normalized spacial score (nSPS) is 16.8. The van der Waals surface area contributed by atoms with Gasteiger partial charge in [-0.3, -0.25) is 4.79 Å². The van der Waals surface area contributed by atoms with Crippen LogP contribution in [-0.2, 0) is 4.79 Å². The molecule has 0 radical (unpaired) electrons. The second-order valence-corrected chi connectivity index (χ2v) is 3.79. The van der Waals surface area contributed by atoms with Gasteiger partial charge in [-0.25, -0.2) is 0 Å². The van der Waals surface area contributed by atoms with Crippen LogP contribution in [0.2, 0.25) is 0 Å². The topological polar surface area (TPSA) is 17.1 Å². The van der Waals surface area contributed by atoms with Crippen LogP contribution in [0.15, 0.2) is 12.2 Å². The molecule has 0 unspecified atom stereocenters. The Morgan fingerprint density at radius 1 is 1.17 bits per heavy atom. The Kier molecular flexibility index (Phi) is 4.87. The summed E-state index contributed by atoms with van der Waals surface area (Å²) in [5.74, 6) is 1.45. The molecule has 12 heavy (non-hydrogen) atoms. The third-order valence-electron chi connectivity index (χ3n) is 2.62. The molecule has 0 aliphatic heterocycles. The Morgan fingerprint density at radius 2 is 1.67 bits per heavy atom. The number of allylic oxidation sites excluding steroid dienone is 2. The Labute approximate surface area is 75.9 Å². The van der Waals surface area contributed by atoms with Gasteiger partial charge in [-0.05, 0) is 24.8 Å². The molecule has 0 rings (SSSR count). The maximum absolute atomic E-state index is 11.4. The van der Waals surface area contributed by atoms with E-state index >= 15 is 0 Å². The molecular formula is C11H20O. The van der Waals surface area contributed by atoms with Crippen molar-refractivity contribution in [1.82, 2.24) is 0 Å². The van der Waals surface area contributed by atoms with E-state index in [1.807, 2.05) is 19.9 Å². The predicted octanol–water partition coefficient (Wildman–Crippen LogP) is 3.06. The first-order valence-electron chi connectivity index (χ1n) is 4.67. The highest BCUT2D eigenvalue weighted by Gasteiger charge is 2.20. The van der Waals surface area contributed by atoms with Gasteiger partial charge in [0, 0.05) is 5.92 Å². The van der Waals surface area contributed by atoms with Crippen LogP contribution in [0.3, 0.4) is 0 Å². The van der Waals surface area contributed by atoms with E-state index in [0.717, 1.165) is 0 Å². The van der Waals surface area contributed by atoms with Crippen LogP contribution in [-0.4, -0.2) is 5.78 Å². The first-order valence-corrected chi connectivity index (χ1v) is 4.67. The van der Waals surface area contributed by atoms with Crippen molar-refractivity contribution in [3.8, 4) is 0 Å². The molecule has 1 nitrogen and oxygen atoms in total. The SMILES string of the molecule is C/C=C/C(=O)[C@H](C)[C@H](C)C(C)C. The highest BCUT2D eigenvalue weighted by molar-refractivity contribution is 5.91. The van der Waals surface area contributed by atoms with E-state index < -0.39 is 0 Å². The molecule has 0 heterocycles. The highest BCUT2D eigenvalue weighted by atomic mass is 16.1. The molecule has 0 bridgehead atoms. The van der Waals surface area contributed by atoms with Gasteiger partial charge in [0.2, 0.25) is 0 Å². The number of rotatable bonds is 4.